The summed E-state index contributed by atoms with van der Waals surface area (Å²) in [6, 6.07) is 2.96. The van der Waals surface area contributed by atoms with E-state index in [9.17, 15) is 14.4 Å². The van der Waals surface area contributed by atoms with Crippen molar-refractivity contribution in [2.45, 2.75) is 125 Å². The fraction of sp³-hybridized carbons (Fsp3) is 0.933. The Balaban J connectivity index is 1.34. The van der Waals surface area contributed by atoms with Crippen LogP contribution in [0, 0.1) is 23.2 Å². The standard InChI is InChI=1S/C30H52ClFN6O3/c1-4-40-27-15-24-22(14-25(27)37-29(39)9-6-12-38(2)3)30(19(16-33)17-34-24)36-20-10-11-26(23(31)13-20)41-18-21-7-5-8-28(32)35-21/h19-28,30,34-36H,4-15,17-18H2,1-3H3,(H,37,39). The lowest BCUT2D eigenvalue weighted by atomic mass is 9.69. The largest absolute Gasteiger partial charge is 0.376 e. The number of hydrogen-bond acceptors (Lipinski definition) is 8. The maximum atomic E-state index is 13.7. The van der Waals surface area contributed by atoms with Crippen molar-refractivity contribution < 1.29 is 18.7 Å². The third-order valence-corrected chi connectivity index (χ3v) is 9.91. The van der Waals surface area contributed by atoms with Gasteiger partial charge in [-0.05, 0) is 91.3 Å². The molecule has 1 amide bonds. The number of piperidine rings is 2. The molecule has 11 unspecified atom stereocenters. The van der Waals surface area contributed by atoms with E-state index in [0.717, 1.165) is 57.9 Å². The topological polar surface area (TPSA) is 111 Å². The van der Waals surface area contributed by atoms with Gasteiger partial charge in [-0.1, -0.05) is 0 Å². The second-order valence-corrected chi connectivity index (χ2v) is 13.4. The molecule has 2 saturated carbocycles. The highest BCUT2D eigenvalue weighted by Crippen LogP contribution is 2.36. The van der Waals surface area contributed by atoms with E-state index in [4.69, 9.17) is 21.1 Å². The molecule has 11 atom stereocenters. The Morgan fingerprint density at radius 2 is 1.98 bits per heavy atom. The van der Waals surface area contributed by atoms with Crippen LogP contribution in [0.2, 0.25) is 0 Å². The van der Waals surface area contributed by atoms with Crippen LogP contribution in [0.15, 0.2) is 0 Å². The van der Waals surface area contributed by atoms with Gasteiger partial charge >= 0.3 is 0 Å². The lowest BCUT2D eigenvalue weighted by Crippen LogP contribution is -2.66. The minimum atomic E-state index is -0.939. The van der Waals surface area contributed by atoms with Gasteiger partial charge in [-0.3, -0.25) is 10.1 Å². The van der Waals surface area contributed by atoms with Gasteiger partial charge in [-0.15, -0.1) is 11.6 Å². The number of alkyl halides is 2. The maximum Gasteiger partial charge on any atom is 0.220 e. The van der Waals surface area contributed by atoms with Gasteiger partial charge in [-0.25, -0.2) is 4.39 Å². The van der Waals surface area contributed by atoms with E-state index in [0.29, 0.717) is 32.6 Å². The van der Waals surface area contributed by atoms with Crippen LogP contribution in [0.3, 0.4) is 0 Å². The zero-order valence-electron chi connectivity index (χ0n) is 25.1. The molecule has 4 rings (SSSR count). The normalized spacial score (nSPS) is 39.6. The Labute approximate surface area is 251 Å². The van der Waals surface area contributed by atoms with Crippen LogP contribution in [-0.2, 0) is 14.3 Å². The summed E-state index contributed by atoms with van der Waals surface area (Å²) in [4.78, 5) is 14.9. The van der Waals surface area contributed by atoms with E-state index in [1.54, 1.807) is 0 Å². The Morgan fingerprint density at radius 3 is 2.68 bits per heavy atom. The summed E-state index contributed by atoms with van der Waals surface area (Å²) in [5.74, 6) is 0.106. The SMILES string of the molecule is CCOC1CC2NCC(C#N)C(NC3CCC(OCC4CCCC(F)N4)C(Cl)C3)C2CC1NC(=O)CCCN(C)C. The molecule has 11 heteroatoms. The van der Waals surface area contributed by atoms with Crippen molar-refractivity contribution in [1.82, 2.24) is 26.2 Å². The third kappa shape index (κ3) is 9.46. The van der Waals surface area contributed by atoms with Crippen molar-refractivity contribution in [2.75, 3.05) is 40.4 Å². The van der Waals surface area contributed by atoms with E-state index < -0.39 is 6.30 Å². The number of carbonyl (C=O) groups is 1. The fourth-order valence-corrected chi connectivity index (χ4v) is 7.73. The first-order chi connectivity index (χ1) is 19.8. The molecule has 4 aliphatic rings. The number of carbonyl (C=O) groups excluding carboxylic acids is 1. The number of hydrogen-bond donors (Lipinski definition) is 4. The molecule has 4 fully saturated rings. The van der Waals surface area contributed by atoms with E-state index >= 15 is 0 Å². The van der Waals surface area contributed by atoms with Crippen molar-refractivity contribution in [2.24, 2.45) is 11.8 Å². The number of fused-ring (bicyclic) bond motifs is 1. The molecule has 0 aromatic heterocycles. The zero-order chi connectivity index (χ0) is 29.4. The molecule has 2 heterocycles. The molecule has 4 N–H and O–H groups in total. The lowest BCUT2D eigenvalue weighted by molar-refractivity contribution is -0.124. The highest BCUT2D eigenvalue weighted by atomic mass is 35.5. The first kappa shape index (κ1) is 32.8. The predicted octanol–water partition coefficient (Wildman–Crippen LogP) is 2.68. The molecule has 234 valence electrons. The molecule has 2 saturated heterocycles. The summed E-state index contributed by atoms with van der Waals surface area (Å²) in [5.41, 5.74) is 0. The summed E-state index contributed by atoms with van der Waals surface area (Å²) in [6.45, 7) is 4.61. The number of nitrogens with one attached hydrogen (secondary N) is 4. The van der Waals surface area contributed by atoms with Crippen molar-refractivity contribution in [3.63, 3.8) is 0 Å². The Hall–Kier alpha value is -1.06. The Kier molecular flexibility index (Phi) is 12.9. The monoisotopic (exact) mass is 598 g/mol. The first-order valence-corrected chi connectivity index (χ1v) is 16.3. The maximum absolute atomic E-state index is 13.7. The number of ether oxygens (including phenoxy) is 2. The van der Waals surface area contributed by atoms with Crippen LogP contribution in [-0.4, -0.2) is 105 Å². The molecule has 0 bridgehead atoms. The average Bonchev–Trinajstić information content (AvgIpc) is 2.93. The number of amides is 1. The third-order valence-electron chi connectivity index (χ3n) is 9.45. The van der Waals surface area contributed by atoms with Crippen LogP contribution in [0.5, 0.6) is 0 Å². The van der Waals surface area contributed by atoms with Gasteiger partial charge in [0.15, 0.2) is 6.30 Å². The minimum Gasteiger partial charge on any atom is -0.376 e. The van der Waals surface area contributed by atoms with Crippen LogP contribution in [0.4, 0.5) is 4.39 Å². The molecule has 2 aliphatic carbocycles. The molecule has 41 heavy (non-hydrogen) atoms. The smallest absolute Gasteiger partial charge is 0.220 e. The molecular formula is C30H52ClFN6O3. The Morgan fingerprint density at radius 1 is 1.15 bits per heavy atom. The van der Waals surface area contributed by atoms with Gasteiger partial charge in [0.05, 0.1) is 42.2 Å². The second-order valence-electron chi connectivity index (χ2n) is 12.8. The lowest BCUT2D eigenvalue weighted by Gasteiger charge is -2.50. The van der Waals surface area contributed by atoms with Gasteiger partial charge in [-0.2, -0.15) is 5.26 Å². The van der Waals surface area contributed by atoms with Crippen LogP contribution in [0.25, 0.3) is 0 Å². The van der Waals surface area contributed by atoms with Crippen molar-refractivity contribution in [3.05, 3.63) is 0 Å². The number of halogens is 2. The van der Waals surface area contributed by atoms with Crippen molar-refractivity contribution >= 4 is 17.5 Å². The Bertz CT molecular complexity index is 865. The van der Waals surface area contributed by atoms with Gasteiger partial charge in [0, 0.05) is 43.7 Å². The summed E-state index contributed by atoms with van der Waals surface area (Å²) < 4.78 is 26.0. The highest BCUT2D eigenvalue weighted by molar-refractivity contribution is 6.21. The van der Waals surface area contributed by atoms with Crippen LogP contribution >= 0.6 is 11.6 Å². The quantitative estimate of drug-likeness (QED) is 0.201. The number of rotatable bonds is 12. The van der Waals surface area contributed by atoms with E-state index in [1.807, 2.05) is 21.0 Å². The average molecular weight is 599 g/mol. The molecule has 0 aromatic carbocycles. The molecule has 0 spiro atoms. The van der Waals surface area contributed by atoms with Gasteiger partial charge in [0.2, 0.25) is 5.91 Å². The molecular weight excluding hydrogens is 547 g/mol. The predicted molar refractivity (Wildman–Crippen MR) is 158 cm³/mol. The number of nitriles is 1. The summed E-state index contributed by atoms with van der Waals surface area (Å²) in [7, 11) is 4.03. The van der Waals surface area contributed by atoms with Crippen LogP contribution < -0.4 is 21.3 Å². The van der Waals surface area contributed by atoms with Gasteiger partial charge in [0.25, 0.3) is 0 Å². The summed E-state index contributed by atoms with van der Waals surface area (Å²) >= 11 is 6.84. The molecule has 9 nitrogen and oxygen atoms in total. The molecule has 2 aliphatic heterocycles. The zero-order valence-corrected chi connectivity index (χ0v) is 25.9. The fourth-order valence-electron chi connectivity index (χ4n) is 7.32. The highest BCUT2D eigenvalue weighted by Gasteiger charge is 2.47. The first-order valence-electron chi connectivity index (χ1n) is 15.9. The summed E-state index contributed by atoms with van der Waals surface area (Å²) in [6.07, 6.45) is 6.78. The van der Waals surface area contributed by atoms with E-state index in [-0.39, 0.29) is 65.5 Å². The van der Waals surface area contributed by atoms with Gasteiger partial charge < -0.3 is 30.3 Å². The summed E-state index contributed by atoms with van der Waals surface area (Å²) in [5, 5.41) is 23.7. The van der Waals surface area contributed by atoms with Crippen LogP contribution in [0.1, 0.15) is 71.1 Å². The van der Waals surface area contributed by atoms with Crippen molar-refractivity contribution in [3.8, 4) is 6.07 Å². The second kappa shape index (κ2) is 16.1. The van der Waals surface area contributed by atoms with Gasteiger partial charge in [0.1, 0.15) is 0 Å². The van der Waals surface area contributed by atoms with E-state index in [2.05, 4.69) is 32.2 Å². The minimum absolute atomic E-state index is 0.0150. The molecule has 0 radical (unpaired) electrons. The molecule has 0 aromatic rings. The number of nitrogens with zero attached hydrogens (tertiary/aromatic N) is 2. The van der Waals surface area contributed by atoms with E-state index in [1.165, 1.54) is 0 Å². The van der Waals surface area contributed by atoms with Crippen molar-refractivity contribution in [1.29, 1.82) is 5.26 Å².